The molecule has 1 atom stereocenters. The topological polar surface area (TPSA) is 66.9 Å². The number of halogens is 3. The molecule has 2 heterocycles. The van der Waals surface area contributed by atoms with Crippen molar-refractivity contribution in [2.24, 2.45) is 5.92 Å². The number of fused-ring (bicyclic) bond motifs is 1. The molecule has 2 aliphatic heterocycles. The van der Waals surface area contributed by atoms with E-state index in [0.717, 1.165) is 17.7 Å². The number of hydrogen-bond donors (Lipinski definition) is 0. The van der Waals surface area contributed by atoms with E-state index in [2.05, 4.69) is 0 Å². The molecule has 174 valence electrons. The van der Waals surface area contributed by atoms with Gasteiger partial charge >= 0.3 is 12.1 Å². The van der Waals surface area contributed by atoms with Gasteiger partial charge < -0.3 is 9.64 Å². The van der Waals surface area contributed by atoms with Crippen LogP contribution in [0, 0.1) is 5.92 Å². The fourth-order valence-corrected chi connectivity index (χ4v) is 4.49. The third-order valence-corrected chi connectivity index (χ3v) is 6.28. The van der Waals surface area contributed by atoms with Crippen LogP contribution in [0.1, 0.15) is 34.3 Å². The predicted molar refractivity (Wildman–Crippen MR) is 114 cm³/mol. The second kappa shape index (κ2) is 8.88. The van der Waals surface area contributed by atoms with Crippen LogP contribution < -0.4 is 4.90 Å². The second-order valence-electron chi connectivity index (χ2n) is 8.22. The maximum Gasteiger partial charge on any atom is 0.416 e. The van der Waals surface area contributed by atoms with E-state index in [1.165, 1.54) is 24.1 Å². The molecule has 1 saturated heterocycles. The second-order valence-corrected chi connectivity index (χ2v) is 8.22. The molecule has 0 saturated carbocycles. The van der Waals surface area contributed by atoms with Gasteiger partial charge in [-0.1, -0.05) is 18.2 Å². The van der Waals surface area contributed by atoms with Gasteiger partial charge in [0.15, 0.2) is 0 Å². The Morgan fingerprint density at radius 1 is 0.970 bits per heavy atom. The van der Waals surface area contributed by atoms with E-state index in [1.54, 1.807) is 11.0 Å². The molecule has 2 aliphatic rings. The Bertz CT molecular complexity index is 1060. The highest BCUT2D eigenvalue weighted by Gasteiger charge is 2.42. The van der Waals surface area contributed by atoms with Gasteiger partial charge in [-0.15, -0.1) is 0 Å². The van der Waals surface area contributed by atoms with Crippen molar-refractivity contribution in [3.8, 4) is 0 Å². The van der Waals surface area contributed by atoms with Crippen LogP contribution in [-0.4, -0.2) is 48.9 Å². The lowest BCUT2D eigenvalue weighted by molar-refractivity contribution is -0.143. The minimum atomic E-state index is -4.46. The number of alkyl halides is 3. The standard InChI is InChI=1S/C24H23F3N2O4/c1-33-23(32)20-14-17-4-2-3-5-19(17)29(20)22(31)16-10-12-28(13-11-16)21(30)15-6-8-18(9-7-15)24(25,26)27/h2-9,16,20H,10-14H2,1H3. The van der Waals surface area contributed by atoms with E-state index >= 15 is 0 Å². The van der Waals surface area contributed by atoms with E-state index in [4.69, 9.17) is 4.74 Å². The maximum atomic E-state index is 13.4. The van der Waals surface area contributed by atoms with Crippen LogP contribution >= 0.6 is 0 Å². The molecule has 0 bridgehead atoms. The molecule has 2 aromatic rings. The molecular formula is C24H23F3N2O4. The van der Waals surface area contributed by atoms with Crippen LogP contribution in [-0.2, 0) is 26.9 Å². The highest BCUT2D eigenvalue weighted by molar-refractivity contribution is 6.03. The SMILES string of the molecule is COC(=O)C1Cc2ccccc2N1C(=O)C1CCN(C(=O)c2ccc(C(F)(F)F)cc2)CC1. The number of anilines is 1. The van der Waals surface area contributed by atoms with Crippen molar-refractivity contribution in [3.05, 3.63) is 65.2 Å². The largest absolute Gasteiger partial charge is 0.467 e. The lowest BCUT2D eigenvalue weighted by atomic mass is 9.94. The Kier molecular flexibility index (Phi) is 6.14. The Hall–Kier alpha value is -3.36. The van der Waals surface area contributed by atoms with E-state index in [-0.39, 0.29) is 23.3 Å². The molecule has 2 aromatic carbocycles. The number of carbonyl (C=O) groups excluding carboxylic acids is 3. The first-order valence-corrected chi connectivity index (χ1v) is 10.7. The Morgan fingerprint density at radius 2 is 1.61 bits per heavy atom. The van der Waals surface area contributed by atoms with Crippen LogP contribution in [0.25, 0.3) is 0 Å². The molecule has 0 radical (unpaired) electrons. The summed E-state index contributed by atoms with van der Waals surface area (Å²) in [6.45, 7) is 0.600. The van der Waals surface area contributed by atoms with Gasteiger partial charge in [-0.3, -0.25) is 14.5 Å². The lowest BCUT2D eigenvalue weighted by Crippen LogP contribution is -2.49. The van der Waals surface area contributed by atoms with Crippen molar-refractivity contribution in [3.63, 3.8) is 0 Å². The quantitative estimate of drug-likeness (QED) is 0.656. The molecule has 6 nitrogen and oxygen atoms in total. The molecule has 4 rings (SSSR count). The zero-order valence-electron chi connectivity index (χ0n) is 18.0. The summed E-state index contributed by atoms with van der Waals surface area (Å²) in [6, 6.07) is 10.8. The highest BCUT2D eigenvalue weighted by Crippen LogP contribution is 2.35. The molecule has 0 N–H and O–H groups in total. The first-order chi connectivity index (χ1) is 15.7. The summed E-state index contributed by atoms with van der Waals surface area (Å²) in [7, 11) is 1.29. The van der Waals surface area contributed by atoms with Crippen LogP contribution in [0.3, 0.4) is 0 Å². The number of nitrogens with zero attached hydrogens (tertiary/aromatic N) is 2. The van der Waals surface area contributed by atoms with Crippen molar-refractivity contribution in [1.82, 2.24) is 4.90 Å². The molecule has 0 aromatic heterocycles. The maximum absolute atomic E-state index is 13.4. The first-order valence-electron chi connectivity index (χ1n) is 10.7. The van der Waals surface area contributed by atoms with E-state index in [0.29, 0.717) is 38.0 Å². The zero-order chi connectivity index (χ0) is 23.8. The van der Waals surface area contributed by atoms with Crippen LogP contribution in [0.5, 0.6) is 0 Å². The summed E-state index contributed by atoms with van der Waals surface area (Å²) in [5, 5.41) is 0. The van der Waals surface area contributed by atoms with Crippen molar-refractivity contribution in [2.45, 2.75) is 31.5 Å². The van der Waals surface area contributed by atoms with Gasteiger partial charge in [0.05, 0.1) is 12.7 Å². The number of para-hydroxylation sites is 1. The van der Waals surface area contributed by atoms with Gasteiger partial charge in [0.2, 0.25) is 5.91 Å². The van der Waals surface area contributed by atoms with Crippen molar-refractivity contribution in [1.29, 1.82) is 0 Å². The summed E-state index contributed by atoms with van der Waals surface area (Å²) in [4.78, 5) is 41.5. The van der Waals surface area contributed by atoms with Gasteiger partial charge in [-0.2, -0.15) is 13.2 Å². The fourth-order valence-electron chi connectivity index (χ4n) is 4.49. The van der Waals surface area contributed by atoms with Crippen LogP contribution in [0.2, 0.25) is 0 Å². The fraction of sp³-hybridized carbons (Fsp3) is 0.375. The first kappa shape index (κ1) is 22.8. The third-order valence-electron chi connectivity index (χ3n) is 6.28. The average molecular weight is 460 g/mol. The number of piperidine rings is 1. The van der Waals surface area contributed by atoms with Gasteiger partial charge in [-0.25, -0.2) is 4.79 Å². The summed E-state index contributed by atoms with van der Waals surface area (Å²) >= 11 is 0. The van der Waals surface area contributed by atoms with E-state index in [9.17, 15) is 27.6 Å². The summed E-state index contributed by atoms with van der Waals surface area (Å²) < 4.78 is 43.2. The average Bonchev–Trinajstić information content (AvgIpc) is 3.22. The van der Waals surface area contributed by atoms with Crippen molar-refractivity contribution in [2.75, 3.05) is 25.1 Å². The number of esters is 1. The molecular weight excluding hydrogens is 437 g/mol. The summed E-state index contributed by atoms with van der Waals surface area (Å²) in [5.41, 5.74) is 0.957. The third kappa shape index (κ3) is 4.44. The smallest absolute Gasteiger partial charge is 0.416 e. The van der Waals surface area contributed by atoms with E-state index < -0.39 is 23.8 Å². The van der Waals surface area contributed by atoms with Gasteiger partial charge in [0, 0.05) is 36.7 Å². The molecule has 0 aliphatic carbocycles. The Morgan fingerprint density at radius 3 is 2.21 bits per heavy atom. The highest BCUT2D eigenvalue weighted by atomic mass is 19.4. The number of carbonyl (C=O) groups is 3. The zero-order valence-corrected chi connectivity index (χ0v) is 18.0. The Balaban J connectivity index is 1.43. The van der Waals surface area contributed by atoms with Gasteiger partial charge in [-0.05, 0) is 48.7 Å². The molecule has 1 unspecified atom stereocenters. The molecule has 1 fully saturated rings. The van der Waals surface area contributed by atoms with Crippen molar-refractivity contribution < 1.29 is 32.3 Å². The van der Waals surface area contributed by atoms with Crippen LogP contribution in [0.4, 0.5) is 18.9 Å². The molecule has 33 heavy (non-hydrogen) atoms. The minimum absolute atomic E-state index is 0.173. The van der Waals surface area contributed by atoms with Crippen LogP contribution in [0.15, 0.2) is 48.5 Å². The van der Waals surface area contributed by atoms with E-state index in [1.807, 2.05) is 18.2 Å². The normalized spacial score (nSPS) is 18.7. The summed E-state index contributed by atoms with van der Waals surface area (Å²) in [6.07, 6.45) is -3.27. The number of amides is 2. The number of benzene rings is 2. The minimum Gasteiger partial charge on any atom is -0.467 e. The molecule has 9 heteroatoms. The molecule has 0 spiro atoms. The molecule has 2 amide bonds. The summed E-state index contributed by atoms with van der Waals surface area (Å²) in [5.74, 6) is -1.40. The lowest BCUT2D eigenvalue weighted by Gasteiger charge is -2.34. The number of likely N-dealkylation sites (tertiary alicyclic amines) is 1. The van der Waals surface area contributed by atoms with Crippen molar-refractivity contribution >= 4 is 23.5 Å². The number of rotatable bonds is 3. The Labute approximate surface area is 188 Å². The van der Waals surface area contributed by atoms with Gasteiger partial charge in [0.25, 0.3) is 5.91 Å². The monoisotopic (exact) mass is 460 g/mol. The number of ether oxygens (including phenoxy) is 1. The number of hydrogen-bond acceptors (Lipinski definition) is 4. The number of methoxy groups -OCH3 is 1. The predicted octanol–water partition coefficient (Wildman–Crippen LogP) is 3.69. The van der Waals surface area contributed by atoms with Gasteiger partial charge in [0.1, 0.15) is 6.04 Å².